The van der Waals surface area contributed by atoms with Gasteiger partial charge in [-0.25, -0.2) is 4.79 Å². The van der Waals surface area contributed by atoms with E-state index in [-0.39, 0.29) is 5.56 Å². The summed E-state index contributed by atoms with van der Waals surface area (Å²) in [5.74, 6) is -0.444. The smallest absolute Gasteiger partial charge is 0.337 e. The Bertz CT molecular complexity index is 618. The quantitative estimate of drug-likeness (QED) is 0.642. The first-order chi connectivity index (χ1) is 7.63. The van der Waals surface area contributed by atoms with Crippen molar-refractivity contribution in [2.75, 3.05) is 7.11 Å². The molecule has 1 N–H and O–H groups in total. The minimum absolute atomic E-state index is 0.207. The average molecular weight is 329 g/mol. The molecular weight excluding hydrogens is 321 g/mol. The SMILES string of the molecule is COC(=O)c1ccc2c(I)c[nH]c(=O)c2c1. The second-order valence-electron chi connectivity index (χ2n) is 3.22. The molecule has 0 aliphatic carbocycles. The van der Waals surface area contributed by atoms with Gasteiger partial charge in [0.05, 0.1) is 12.7 Å². The molecule has 0 radical (unpaired) electrons. The molecule has 0 atom stereocenters. The Hall–Kier alpha value is -1.37. The maximum atomic E-state index is 11.6. The molecule has 5 heteroatoms. The van der Waals surface area contributed by atoms with E-state index in [2.05, 4.69) is 32.3 Å². The minimum Gasteiger partial charge on any atom is -0.465 e. The van der Waals surface area contributed by atoms with Crippen LogP contribution in [0.5, 0.6) is 0 Å². The van der Waals surface area contributed by atoms with E-state index in [1.165, 1.54) is 7.11 Å². The molecule has 0 unspecified atom stereocenters. The highest BCUT2D eigenvalue weighted by Gasteiger charge is 2.09. The number of hydrogen-bond donors (Lipinski definition) is 1. The maximum absolute atomic E-state index is 11.6. The van der Waals surface area contributed by atoms with Crippen LogP contribution in [0.1, 0.15) is 10.4 Å². The third-order valence-corrected chi connectivity index (χ3v) is 3.17. The largest absolute Gasteiger partial charge is 0.465 e. The van der Waals surface area contributed by atoms with Crippen LogP contribution in [-0.2, 0) is 4.74 Å². The lowest BCUT2D eigenvalue weighted by Crippen LogP contribution is -2.08. The van der Waals surface area contributed by atoms with Crippen molar-refractivity contribution in [3.8, 4) is 0 Å². The number of carbonyl (C=O) groups is 1. The van der Waals surface area contributed by atoms with Gasteiger partial charge in [0.25, 0.3) is 5.56 Å². The summed E-state index contributed by atoms with van der Waals surface area (Å²) in [5.41, 5.74) is 0.170. The summed E-state index contributed by atoms with van der Waals surface area (Å²) in [6.45, 7) is 0. The molecular formula is C11H8INO3. The van der Waals surface area contributed by atoms with Gasteiger partial charge in [-0.2, -0.15) is 0 Å². The van der Waals surface area contributed by atoms with Crippen LogP contribution in [0.2, 0.25) is 0 Å². The van der Waals surface area contributed by atoms with Crippen LogP contribution in [0, 0.1) is 3.57 Å². The Morgan fingerprint density at radius 3 is 2.81 bits per heavy atom. The number of H-pyrrole nitrogens is 1. The molecule has 1 heterocycles. The molecule has 0 spiro atoms. The molecule has 0 fully saturated rings. The van der Waals surface area contributed by atoms with Gasteiger partial charge in [0.1, 0.15) is 0 Å². The van der Waals surface area contributed by atoms with Gasteiger partial charge >= 0.3 is 5.97 Å². The third kappa shape index (κ3) is 1.82. The third-order valence-electron chi connectivity index (χ3n) is 2.27. The van der Waals surface area contributed by atoms with Crippen molar-refractivity contribution in [1.82, 2.24) is 4.98 Å². The van der Waals surface area contributed by atoms with Crippen LogP contribution >= 0.6 is 22.6 Å². The van der Waals surface area contributed by atoms with E-state index in [1.54, 1.807) is 24.4 Å². The van der Waals surface area contributed by atoms with Crippen LogP contribution in [0.4, 0.5) is 0 Å². The topological polar surface area (TPSA) is 59.2 Å². The minimum atomic E-state index is -0.444. The normalized spacial score (nSPS) is 10.4. The van der Waals surface area contributed by atoms with Crippen LogP contribution in [0.15, 0.2) is 29.2 Å². The lowest BCUT2D eigenvalue weighted by Gasteiger charge is -2.02. The highest BCUT2D eigenvalue weighted by molar-refractivity contribution is 14.1. The number of aromatic amines is 1. The molecule has 4 nitrogen and oxygen atoms in total. The predicted octanol–water partition coefficient (Wildman–Crippen LogP) is 1.92. The summed E-state index contributed by atoms with van der Waals surface area (Å²) in [7, 11) is 1.31. The standard InChI is InChI=1S/C11H8INO3/c1-16-11(15)6-2-3-7-8(4-6)10(14)13-5-9(7)12/h2-5H,1H3,(H,13,14). The summed E-state index contributed by atoms with van der Waals surface area (Å²) in [6, 6.07) is 4.94. The van der Waals surface area contributed by atoms with Crippen LogP contribution in [-0.4, -0.2) is 18.1 Å². The van der Waals surface area contributed by atoms with E-state index in [4.69, 9.17) is 0 Å². The summed E-state index contributed by atoms with van der Waals surface area (Å²) in [4.78, 5) is 25.5. The van der Waals surface area contributed by atoms with Gasteiger partial charge in [0.15, 0.2) is 0 Å². The Morgan fingerprint density at radius 2 is 2.12 bits per heavy atom. The van der Waals surface area contributed by atoms with E-state index in [9.17, 15) is 9.59 Å². The Morgan fingerprint density at radius 1 is 1.38 bits per heavy atom. The lowest BCUT2D eigenvalue weighted by atomic mass is 10.1. The molecule has 1 aromatic heterocycles. The van der Waals surface area contributed by atoms with Gasteiger partial charge in [0.2, 0.25) is 0 Å². The number of hydrogen-bond acceptors (Lipinski definition) is 3. The van der Waals surface area contributed by atoms with Crippen molar-refractivity contribution in [3.63, 3.8) is 0 Å². The average Bonchev–Trinajstić information content (AvgIpc) is 2.32. The fourth-order valence-corrected chi connectivity index (χ4v) is 2.10. The molecule has 16 heavy (non-hydrogen) atoms. The molecule has 0 aliphatic heterocycles. The number of nitrogens with one attached hydrogen (secondary N) is 1. The highest BCUT2D eigenvalue weighted by atomic mass is 127. The Kier molecular flexibility index (Phi) is 2.95. The monoisotopic (exact) mass is 329 g/mol. The molecule has 82 valence electrons. The molecule has 0 amide bonds. The molecule has 2 rings (SSSR count). The van der Waals surface area contributed by atoms with E-state index in [0.717, 1.165) is 8.96 Å². The van der Waals surface area contributed by atoms with E-state index in [0.29, 0.717) is 10.9 Å². The molecule has 2 aromatic rings. The van der Waals surface area contributed by atoms with Crippen molar-refractivity contribution in [2.24, 2.45) is 0 Å². The van der Waals surface area contributed by atoms with E-state index < -0.39 is 5.97 Å². The first-order valence-corrected chi connectivity index (χ1v) is 5.60. The fraction of sp³-hybridized carbons (Fsp3) is 0.0909. The zero-order chi connectivity index (χ0) is 11.7. The van der Waals surface area contributed by atoms with Gasteiger partial charge in [-0.3, -0.25) is 4.79 Å². The van der Waals surface area contributed by atoms with Crippen molar-refractivity contribution in [2.45, 2.75) is 0 Å². The predicted molar refractivity (Wildman–Crippen MR) is 68.6 cm³/mol. The summed E-state index contributed by atoms with van der Waals surface area (Å²) < 4.78 is 5.54. The van der Waals surface area contributed by atoms with Crippen LogP contribution in [0.25, 0.3) is 10.8 Å². The second kappa shape index (κ2) is 4.25. The Labute approximate surface area is 105 Å². The number of pyridine rings is 1. The number of ether oxygens (including phenoxy) is 1. The molecule has 1 aromatic carbocycles. The van der Waals surface area contributed by atoms with Crippen molar-refractivity contribution < 1.29 is 9.53 Å². The van der Waals surface area contributed by atoms with Crippen molar-refractivity contribution >= 4 is 39.3 Å². The van der Waals surface area contributed by atoms with Gasteiger partial charge in [0, 0.05) is 20.5 Å². The molecule has 0 saturated carbocycles. The number of methoxy groups -OCH3 is 1. The van der Waals surface area contributed by atoms with Gasteiger partial charge in [-0.15, -0.1) is 0 Å². The first kappa shape index (κ1) is 11.1. The summed E-state index contributed by atoms with van der Waals surface area (Å²) in [5, 5.41) is 1.33. The van der Waals surface area contributed by atoms with Gasteiger partial charge in [-0.1, -0.05) is 6.07 Å². The maximum Gasteiger partial charge on any atom is 0.337 e. The highest BCUT2D eigenvalue weighted by Crippen LogP contribution is 2.18. The second-order valence-corrected chi connectivity index (χ2v) is 4.38. The molecule has 0 aliphatic rings. The van der Waals surface area contributed by atoms with E-state index in [1.807, 2.05) is 0 Å². The zero-order valence-electron chi connectivity index (χ0n) is 8.41. The van der Waals surface area contributed by atoms with E-state index >= 15 is 0 Å². The number of benzene rings is 1. The van der Waals surface area contributed by atoms with Crippen LogP contribution in [0.3, 0.4) is 0 Å². The molecule has 0 bridgehead atoms. The summed E-state index contributed by atoms with van der Waals surface area (Å²) in [6.07, 6.45) is 1.64. The summed E-state index contributed by atoms with van der Waals surface area (Å²) >= 11 is 2.13. The van der Waals surface area contributed by atoms with Crippen molar-refractivity contribution in [3.05, 3.63) is 43.9 Å². The van der Waals surface area contributed by atoms with Gasteiger partial charge < -0.3 is 9.72 Å². The first-order valence-electron chi connectivity index (χ1n) is 4.52. The molecule has 0 saturated heterocycles. The number of halogens is 1. The lowest BCUT2D eigenvalue weighted by molar-refractivity contribution is 0.0601. The number of carbonyl (C=O) groups excluding carboxylic acids is 1. The fourth-order valence-electron chi connectivity index (χ4n) is 1.47. The van der Waals surface area contributed by atoms with Crippen LogP contribution < -0.4 is 5.56 Å². The van der Waals surface area contributed by atoms with Crippen molar-refractivity contribution in [1.29, 1.82) is 0 Å². The number of rotatable bonds is 1. The number of fused-ring (bicyclic) bond motifs is 1. The Balaban J connectivity index is 2.76. The zero-order valence-corrected chi connectivity index (χ0v) is 10.6. The van der Waals surface area contributed by atoms with Gasteiger partial charge in [-0.05, 0) is 34.7 Å². The number of esters is 1. The number of aromatic nitrogens is 1.